The van der Waals surface area contributed by atoms with Crippen LogP contribution < -0.4 is 15.0 Å². The molecule has 4 saturated heterocycles. The molecule has 8 rings (SSSR count). The van der Waals surface area contributed by atoms with E-state index in [4.69, 9.17) is 21.1 Å². The van der Waals surface area contributed by atoms with Crippen LogP contribution >= 0.6 is 0 Å². The fraction of sp³-hybridized carbons (Fsp3) is 0.438. The number of fused-ring (bicyclic) bond motifs is 5. The van der Waals surface area contributed by atoms with E-state index < -0.39 is 0 Å². The molecule has 2 atom stereocenters. The van der Waals surface area contributed by atoms with Gasteiger partial charge in [-0.25, -0.2) is 0 Å². The highest BCUT2D eigenvalue weighted by atomic mass is 16.5. The van der Waals surface area contributed by atoms with Crippen LogP contribution in [0.2, 0.25) is 0 Å². The molecular weight excluding hydrogens is 500 g/mol. The normalized spacial score (nSPS) is 23.6. The zero-order chi connectivity index (χ0) is 26.8. The van der Waals surface area contributed by atoms with Gasteiger partial charge in [-0.3, -0.25) is 4.90 Å². The smallest absolute Gasteiger partial charge is 0.320 e. The second-order valence-electron chi connectivity index (χ2n) is 12.1. The van der Waals surface area contributed by atoms with Crippen LogP contribution in [0.4, 0.5) is 5.82 Å². The number of H-pyrrole nitrogens is 1. The highest BCUT2D eigenvalue weighted by Gasteiger charge is 2.45. The van der Waals surface area contributed by atoms with Crippen LogP contribution in [-0.2, 0) is 0 Å². The van der Waals surface area contributed by atoms with Gasteiger partial charge in [0, 0.05) is 47.4 Å². The van der Waals surface area contributed by atoms with Crippen LogP contribution in [0.15, 0.2) is 36.4 Å². The number of ether oxygens (including phenoxy) is 1. The first-order valence-electron chi connectivity index (χ1n) is 14.6. The summed E-state index contributed by atoms with van der Waals surface area (Å²) in [6.45, 7) is 4.78. The second-order valence-corrected chi connectivity index (χ2v) is 12.1. The van der Waals surface area contributed by atoms with E-state index in [1.54, 1.807) is 12.1 Å². The van der Waals surface area contributed by atoms with Gasteiger partial charge in [0.05, 0.1) is 10.9 Å². The standard InChI is InChI=1S/C32H34N6O2/c1-2-20-6-3-7-21-14-24(39)15-25(28(20)21)27-16-26-29(34-27)35-31(40-19-32-10-4-12-38(32)13-5-11-32)36-30(26)37-17-22-8-9-23(18-37)33-22/h1,3,6-7,14-16,22-23,33,39H,4-5,8-13,17-19H2,(H,34,35,36). The third kappa shape index (κ3) is 3.83. The molecule has 0 amide bonds. The van der Waals surface area contributed by atoms with E-state index in [9.17, 15) is 5.11 Å². The average molecular weight is 535 g/mol. The summed E-state index contributed by atoms with van der Waals surface area (Å²) in [5.74, 6) is 3.93. The van der Waals surface area contributed by atoms with E-state index in [0.29, 0.717) is 24.7 Å². The minimum absolute atomic E-state index is 0.125. The third-order valence-corrected chi connectivity index (χ3v) is 9.65. The molecule has 4 aliphatic rings. The number of hydrogen-bond donors (Lipinski definition) is 3. The maximum absolute atomic E-state index is 10.6. The number of anilines is 1. The van der Waals surface area contributed by atoms with Crippen LogP contribution in [-0.4, -0.2) is 75.4 Å². The van der Waals surface area contributed by atoms with Crippen LogP contribution in [0.5, 0.6) is 11.8 Å². The number of aromatic nitrogens is 3. The number of nitrogens with zero attached hydrogens (tertiary/aromatic N) is 4. The number of rotatable bonds is 5. The number of phenols is 1. The summed E-state index contributed by atoms with van der Waals surface area (Å²) in [5, 5.41) is 17.1. The predicted molar refractivity (Wildman–Crippen MR) is 157 cm³/mol. The van der Waals surface area contributed by atoms with E-state index >= 15 is 0 Å². The molecule has 40 heavy (non-hydrogen) atoms. The monoisotopic (exact) mass is 534 g/mol. The van der Waals surface area contributed by atoms with Gasteiger partial charge in [-0.15, -0.1) is 6.42 Å². The highest BCUT2D eigenvalue weighted by Crippen LogP contribution is 2.41. The van der Waals surface area contributed by atoms with Gasteiger partial charge in [-0.05, 0) is 81.3 Å². The number of aromatic hydroxyl groups is 1. The van der Waals surface area contributed by atoms with Gasteiger partial charge in [0.25, 0.3) is 0 Å². The Morgan fingerprint density at radius 1 is 1.07 bits per heavy atom. The molecule has 6 heterocycles. The molecule has 0 spiro atoms. The van der Waals surface area contributed by atoms with Gasteiger partial charge in [-0.2, -0.15) is 9.97 Å². The maximum atomic E-state index is 10.6. The molecule has 2 aromatic carbocycles. The minimum atomic E-state index is 0.125. The summed E-state index contributed by atoms with van der Waals surface area (Å²) < 4.78 is 6.45. The Morgan fingerprint density at radius 2 is 1.88 bits per heavy atom. The van der Waals surface area contributed by atoms with E-state index in [1.165, 1.54) is 38.5 Å². The first-order chi connectivity index (χ1) is 19.6. The fourth-order valence-corrected chi connectivity index (χ4v) is 7.80. The molecule has 3 N–H and O–H groups in total. The Bertz CT molecular complexity index is 1650. The van der Waals surface area contributed by atoms with E-state index in [1.807, 2.05) is 18.2 Å². The Morgan fingerprint density at radius 3 is 2.65 bits per heavy atom. The van der Waals surface area contributed by atoms with Crippen LogP contribution in [0.1, 0.15) is 44.1 Å². The summed E-state index contributed by atoms with van der Waals surface area (Å²) in [7, 11) is 0. The van der Waals surface area contributed by atoms with Crippen LogP contribution in [0.3, 0.4) is 0 Å². The molecule has 2 bridgehead atoms. The molecule has 2 aromatic heterocycles. The van der Waals surface area contributed by atoms with Crippen molar-refractivity contribution in [2.75, 3.05) is 37.7 Å². The largest absolute Gasteiger partial charge is 0.508 e. The number of aromatic amines is 1. The number of terminal acetylenes is 1. The molecule has 8 nitrogen and oxygen atoms in total. The van der Waals surface area contributed by atoms with Crippen molar-refractivity contribution in [2.45, 2.75) is 56.1 Å². The van der Waals surface area contributed by atoms with Gasteiger partial charge in [0.1, 0.15) is 23.8 Å². The van der Waals surface area contributed by atoms with Crippen molar-refractivity contribution in [2.24, 2.45) is 0 Å². The molecule has 0 radical (unpaired) electrons. The Kier molecular flexibility index (Phi) is 5.48. The molecule has 2 unspecified atom stereocenters. The van der Waals surface area contributed by atoms with E-state index in [2.05, 4.69) is 32.1 Å². The fourth-order valence-electron chi connectivity index (χ4n) is 7.80. The van der Waals surface area contributed by atoms with Crippen LogP contribution in [0.25, 0.3) is 33.1 Å². The summed E-state index contributed by atoms with van der Waals surface area (Å²) in [5.41, 5.74) is 3.35. The number of piperazine rings is 1. The first kappa shape index (κ1) is 24.0. The van der Waals surface area contributed by atoms with E-state index in [-0.39, 0.29) is 11.3 Å². The summed E-state index contributed by atoms with van der Waals surface area (Å²) in [6.07, 6.45) is 13.1. The Balaban J connectivity index is 1.24. The topological polar surface area (TPSA) is 89.5 Å². The molecular formula is C32H34N6O2. The molecule has 4 fully saturated rings. The van der Waals surface area contributed by atoms with Gasteiger partial charge >= 0.3 is 6.01 Å². The number of benzene rings is 2. The SMILES string of the molecule is C#Cc1cccc2cc(O)cc(-c3cc4c(N5CC6CCC(C5)N6)nc(OCC56CCCN5CCC6)nc4[nH]3)c12. The van der Waals surface area contributed by atoms with Crippen molar-refractivity contribution >= 4 is 27.6 Å². The van der Waals surface area contributed by atoms with Gasteiger partial charge < -0.3 is 25.0 Å². The molecule has 4 aromatic rings. The zero-order valence-corrected chi connectivity index (χ0v) is 22.6. The number of hydrogen-bond acceptors (Lipinski definition) is 7. The van der Waals surface area contributed by atoms with Crippen molar-refractivity contribution in [3.63, 3.8) is 0 Å². The van der Waals surface area contributed by atoms with Crippen molar-refractivity contribution in [3.8, 4) is 35.4 Å². The summed E-state index contributed by atoms with van der Waals surface area (Å²) in [4.78, 5) is 18.5. The number of nitrogens with one attached hydrogen (secondary N) is 2. The number of phenolic OH excluding ortho intramolecular Hbond substituents is 1. The third-order valence-electron chi connectivity index (χ3n) is 9.65. The molecule has 204 valence electrons. The van der Waals surface area contributed by atoms with Gasteiger partial charge in [0.2, 0.25) is 0 Å². The van der Waals surface area contributed by atoms with Crippen LogP contribution in [0, 0.1) is 12.3 Å². The lowest BCUT2D eigenvalue weighted by Crippen LogP contribution is -2.51. The molecule has 0 aliphatic carbocycles. The summed E-state index contributed by atoms with van der Waals surface area (Å²) in [6, 6.07) is 12.9. The lowest BCUT2D eigenvalue weighted by atomic mass is 9.95. The molecule has 0 saturated carbocycles. The Hall–Kier alpha value is -3.80. The zero-order valence-electron chi connectivity index (χ0n) is 22.6. The van der Waals surface area contributed by atoms with Crippen molar-refractivity contribution in [1.29, 1.82) is 0 Å². The van der Waals surface area contributed by atoms with E-state index in [0.717, 1.165) is 70.6 Å². The lowest BCUT2D eigenvalue weighted by Gasteiger charge is -2.34. The average Bonchev–Trinajstić information content (AvgIpc) is 3.73. The maximum Gasteiger partial charge on any atom is 0.320 e. The summed E-state index contributed by atoms with van der Waals surface area (Å²) >= 11 is 0. The van der Waals surface area contributed by atoms with Crippen molar-refractivity contribution < 1.29 is 9.84 Å². The van der Waals surface area contributed by atoms with Gasteiger partial charge in [0.15, 0.2) is 0 Å². The molecule has 4 aliphatic heterocycles. The molecule has 8 heteroatoms. The lowest BCUT2D eigenvalue weighted by molar-refractivity contribution is 0.108. The van der Waals surface area contributed by atoms with Crippen molar-refractivity contribution in [3.05, 3.63) is 42.0 Å². The second kappa shape index (κ2) is 9.12. The van der Waals surface area contributed by atoms with Gasteiger partial charge in [-0.1, -0.05) is 18.1 Å². The minimum Gasteiger partial charge on any atom is -0.508 e. The first-order valence-corrected chi connectivity index (χ1v) is 14.6. The quantitative estimate of drug-likeness (QED) is 0.327. The highest BCUT2D eigenvalue weighted by molar-refractivity contribution is 6.03. The Labute approximate surface area is 233 Å². The van der Waals surface area contributed by atoms with Crippen molar-refractivity contribution in [1.82, 2.24) is 25.2 Å². The predicted octanol–water partition coefficient (Wildman–Crippen LogP) is 4.41.